The fraction of sp³-hybridized carbons (Fsp3) is 0.350. The summed E-state index contributed by atoms with van der Waals surface area (Å²) in [6.45, 7) is 0.188. The molecule has 0 spiro atoms. The van der Waals surface area contributed by atoms with Crippen LogP contribution >= 0.6 is 0 Å². The van der Waals surface area contributed by atoms with Gasteiger partial charge < -0.3 is 29.8 Å². The smallest absolute Gasteiger partial charge is 0.340 e. The summed E-state index contributed by atoms with van der Waals surface area (Å²) in [7, 11) is 0. The summed E-state index contributed by atoms with van der Waals surface area (Å²) < 4.78 is 22.7. The van der Waals surface area contributed by atoms with Crippen molar-refractivity contribution in [1.82, 2.24) is 0 Å². The Kier molecular flexibility index (Phi) is 5.20. The number of benzene rings is 2. The first-order chi connectivity index (χ1) is 13.1. The number of aliphatic hydroxyl groups is 1. The van der Waals surface area contributed by atoms with Crippen LogP contribution in [0.15, 0.2) is 60.7 Å². The zero-order valence-electron chi connectivity index (χ0n) is 14.5. The molecule has 2 aliphatic heterocycles. The molecule has 2 aromatic rings. The summed E-state index contributed by atoms with van der Waals surface area (Å²) in [5.74, 6) is -0.568. The maximum Gasteiger partial charge on any atom is 0.340 e. The highest BCUT2D eigenvalue weighted by Crippen LogP contribution is 2.33. The molecule has 27 heavy (non-hydrogen) atoms. The van der Waals surface area contributed by atoms with E-state index in [2.05, 4.69) is 0 Å². The van der Waals surface area contributed by atoms with E-state index in [0.717, 1.165) is 5.56 Å². The second-order valence-electron chi connectivity index (χ2n) is 6.56. The lowest BCUT2D eigenvalue weighted by atomic mass is 9.96. The van der Waals surface area contributed by atoms with E-state index in [9.17, 15) is 9.90 Å². The van der Waals surface area contributed by atoms with E-state index >= 15 is 0 Å². The lowest BCUT2D eigenvalue weighted by molar-refractivity contribution is -0.334. The Morgan fingerprint density at radius 2 is 1.70 bits per heavy atom. The van der Waals surface area contributed by atoms with Crippen LogP contribution in [0.4, 0.5) is 0 Å². The molecular weight excluding hydrogens is 350 g/mol. The maximum absolute atomic E-state index is 12.3. The summed E-state index contributed by atoms with van der Waals surface area (Å²) in [6, 6.07) is 17.0. The highest BCUT2D eigenvalue weighted by atomic mass is 16.8. The van der Waals surface area contributed by atoms with E-state index < -0.39 is 42.9 Å². The molecule has 2 heterocycles. The molecule has 6 atom stereocenters. The van der Waals surface area contributed by atoms with Gasteiger partial charge in [-0.1, -0.05) is 48.5 Å². The van der Waals surface area contributed by atoms with Crippen LogP contribution < -0.4 is 5.73 Å². The van der Waals surface area contributed by atoms with E-state index in [1.54, 1.807) is 30.3 Å². The second-order valence-corrected chi connectivity index (χ2v) is 6.56. The normalized spacial score (nSPS) is 33.1. The molecule has 0 radical (unpaired) electrons. The zero-order valence-corrected chi connectivity index (χ0v) is 14.5. The number of hydrogen-bond donors (Lipinski definition) is 2. The topological polar surface area (TPSA) is 100 Å². The predicted molar refractivity (Wildman–Crippen MR) is 94.5 cm³/mol. The summed E-state index contributed by atoms with van der Waals surface area (Å²) >= 11 is 0. The maximum atomic E-state index is 12.3. The first-order valence-corrected chi connectivity index (χ1v) is 8.80. The molecule has 7 nitrogen and oxygen atoms in total. The fourth-order valence-electron chi connectivity index (χ4n) is 3.25. The van der Waals surface area contributed by atoms with Gasteiger partial charge in [0.1, 0.15) is 18.3 Å². The van der Waals surface area contributed by atoms with Crippen LogP contribution in [-0.2, 0) is 18.9 Å². The van der Waals surface area contributed by atoms with Crippen LogP contribution in [0.2, 0.25) is 0 Å². The summed E-state index contributed by atoms with van der Waals surface area (Å²) in [5.41, 5.74) is 7.29. The molecule has 3 N–H and O–H groups in total. The zero-order chi connectivity index (χ0) is 18.8. The molecule has 142 valence electrons. The van der Waals surface area contributed by atoms with Crippen LogP contribution in [0.25, 0.3) is 0 Å². The third-order valence-electron chi connectivity index (χ3n) is 4.72. The Morgan fingerprint density at radius 3 is 2.41 bits per heavy atom. The fourth-order valence-corrected chi connectivity index (χ4v) is 3.25. The SMILES string of the molecule is N[C@H]1[C@@H](OC(=O)c2ccccc2)O[C@@H]2COC(c3ccccc3)O[C@H]2[C@@H]1O. The summed E-state index contributed by atoms with van der Waals surface area (Å²) in [4.78, 5) is 12.3. The van der Waals surface area contributed by atoms with Crippen LogP contribution in [0.5, 0.6) is 0 Å². The number of carbonyl (C=O) groups excluding carboxylic acids is 1. The van der Waals surface area contributed by atoms with Gasteiger partial charge in [-0.25, -0.2) is 4.79 Å². The van der Waals surface area contributed by atoms with Gasteiger partial charge in [0, 0.05) is 5.56 Å². The number of nitrogens with two attached hydrogens (primary N) is 1. The van der Waals surface area contributed by atoms with Gasteiger partial charge in [-0.3, -0.25) is 0 Å². The number of fused-ring (bicyclic) bond motifs is 1. The van der Waals surface area contributed by atoms with Gasteiger partial charge >= 0.3 is 5.97 Å². The minimum atomic E-state index is -1.09. The van der Waals surface area contributed by atoms with Crippen molar-refractivity contribution in [1.29, 1.82) is 0 Å². The molecule has 0 amide bonds. The summed E-state index contributed by atoms with van der Waals surface area (Å²) in [6.07, 6.45) is -4.03. The lowest BCUT2D eigenvalue weighted by Crippen LogP contribution is -2.65. The Hall–Kier alpha value is -2.29. The largest absolute Gasteiger partial charge is 0.430 e. The molecule has 2 saturated heterocycles. The van der Waals surface area contributed by atoms with Gasteiger partial charge in [-0.15, -0.1) is 0 Å². The van der Waals surface area contributed by atoms with Crippen LogP contribution in [0, 0.1) is 0 Å². The van der Waals surface area contributed by atoms with Crippen molar-refractivity contribution >= 4 is 5.97 Å². The molecule has 0 aliphatic carbocycles. The lowest BCUT2D eigenvalue weighted by Gasteiger charge is -2.46. The first kappa shape index (κ1) is 18.1. The van der Waals surface area contributed by atoms with E-state index in [4.69, 9.17) is 24.7 Å². The highest BCUT2D eigenvalue weighted by molar-refractivity contribution is 5.89. The van der Waals surface area contributed by atoms with Crippen LogP contribution in [0.1, 0.15) is 22.2 Å². The van der Waals surface area contributed by atoms with Crippen LogP contribution in [-0.4, -0.2) is 48.3 Å². The third-order valence-corrected chi connectivity index (χ3v) is 4.72. The van der Waals surface area contributed by atoms with Gasteiger partial charge in [0.2, 0.25) is 6.29 Å². The first-order valence-electron chi connectivity index (χ1n) is 8.80. The van der Waals surface area contributed by atoms with E-state index in [-0.39, 0.29) is 6.61 Å². The molecular formula is C20H21NO6. The minimum absolute atomic E-state index is 0.188. The predicted octanol–water partition coefficient (Wildman–Crippen LogP) is 1.37. The number of esters is 1. The molecule has 2 aliphatic rings. The van der Waals surface area contributed by atoms with Crippen molar-refractivity contribution in [3.63, 3.8) is 0 Å². The molecule has 0 aromatic heterocycles. The van der Waals surface area contributed by atoms with Crippen molar-refractivity contribution in [3.8, 4) is 0 Å². The van der Waals surface area contributed by atoms with E-state index in [0.29, 0.717) is 5.56 Å². The van der Waals surface area contributed by atoms with Gasteiger partial charge in [-0.2, -0.15) is 0 Å². The number of rotatable bonds is 3. The molecule has 2 fully saturated rings. The van der Waals surface area contributed by atoms with E-state index in [1.165, 1.54) is 0 Å². The number of hydrogen-bond acceptors (Lipinski definition) is 7. The molecule has 0 bridgehead atoms. The quantitative estimate of drug-likeness (QED) is 0.786. The number of aliphatic hydroxyl groups excluding tert-OH is 1. The minimum Gasteiger partial charge on any atom is -0.430 e. The Bertz CT molecular complexity index is 769. The summed E-state index contributed by atoms with van der Waals surface area (Å²) in [5, 5.41) is 10.6. The van der Waals surface area contributed by atoms with Gasteiger partial charge in [0.15, 0.2) is 6.29 Å². The average Bonchev–Trinajstić information content (AvgIpc) is 2.73. The Balaban J connectivity index is 1.44. The highest BCUT2D eigenvalue weighted by Gasteiger charge is 2.49. The second kappa shape index (κ2) is 7.75. The van der Waals surface area contributed by atoms with Crippen molar-refractivity contribution in [2.75, 3.05) is 6.61 Å². The monoisotopic (exact) mass is 371 g/mol. The number of ether oxygens (including phenoxy) is 4. The van der Waals surface area contributed by atoms with Crippen molar-refractivity contribution < 1.29 is 28.8 Å². The van der Waals surface area contributed by atoms with Gasteiger partial charge in [0.25, 0.3) is 0 Å². The van der Waals surface area contributed by atoms with Gasteiger partial charge in [-0.05, 0) is 12.1 Å². The number of carbonyl (C=O) groups is 1. The molecule has 1 unspecified atom stereocenters. The molecule has 0 saturated carbocycles. The molecule has 4 rings (SSSR count). The van der Waals surface area contributed by atoms with Crippen LogP contribution in [0.3, 0.4) is 0 Å². The Morgan fingerprint density at radius 1 is 1.04 bits per heavy atom. The standard InChI is InChI=1S/C20H21NO6/c21-15-16(22)17-14(11-24-19(26-17)13-9-5-2-6-10-13)25-20(15)27-18(23)12-7-3-1-4-8-12/h1-10,14-17,19-20,22H,11,21H2/t14-,15-,16-,17-,19?,20-/m1/s1. The van der Waals surface area contributed by atoms with Crippen molar-refractivity contribution in [3.05, 3.63) is 71.8 Å². The van der Waals surface area contributed by atoms with Crippen molar-refractivity contribution in [2.45, 2.75) is 36.9 Å². The third kappa shape index (κ3) is 3.73. The molecule has 2 aromatic carbocycles. The van der Waals surface area contributed by atoms with Crippen molar-refractivity contribution in [2.24, 2.45) is 5.73 Å². The molecule has 7 heteroatoms. The average molecular weight is 371 g/mol. The van der Waals surface area contributed by atoms with Gasteiger partial charge in [0.05, 0.1) is 18.2 Å². The van der Waals surface area contributed by atoms with E-state index in [1.807, 2.05) is 30.3 Å². The Labute approximate surface area is 156 Å².